The van der Waals surface area contributed by atoms with E-state index in [1.807, 2.05) is 30.3 Å². The van der Waals surface area contributed by atoms with Crippen LogP contribution in [0.2, 0.25) is 5.02 Å². The highest BCUT2D eigenvalue weighted by Gasteiger charge is 2.34. The average Bonchev–Trinajstić information content (AvgIpc) is 2.99. The molecule has 3 aromatic rings. The molecule has 1 N–H and O–H groups in total. The highest BCUT2D eigenvalue weighted by molar-refractivity contribution is 7.92. The molecule has 0 aliphatic heterocycles. The number of nitrogens with one attached hydrogen (secondary N) is 1. The van der Waals surface area contributed by atoms with Crippen molar-refractivity contribution >= 4 is 39.1 Å². The van der Waals surface area contributed by atoms with Gasteiger partial charge in [0.05, 0.1) is 18.6 Å². The zero-order chi connectivity index (χ0) is 30.8. The second-order valence-electron chi connectivity index (χ2n) is 10.9. The Hall–Kier alpha value is -3.56. The van der Waals surface area contributed by atoms with Crippen LogP contribution in [0.4, 0.5) is 5.69 Å². The maximum Gasteiger partial charge on any atom is 0.244 e. The molecule has 1 fully saturated rings. The molecule has 0 bridgehead atoms. The van der Waals surface area contributed by atoms with Crippen molar-refractivity contribution in [3.63, 3.8) is 0 Å². The van der Waals surface area contributed by atoms with Crippen molar-refractivity contribution < 1.29 is 22.7 Å². The number of hydrogen-bond donors (Lipinski definition) is 1. The average molecular weight is 626 g/mol. The minimum Gasteiger partial charge on any atom is -0.492 e. The first-order valence-electron chi connectivity index (χ1n) is 14.7. The smallest absolute Gasteiger partial charge is 0.244 e. The van der Waals surface area contributed by atoms with Gasteiger partial charge in [-0.3, -0.25) is 13.9 Å². The highest BCUT2D eigenvalue weighted by Crippen LogP contribution is 2.30. The van der Waals surface area contributed by atoms with Gasteiger partial charge in [-0.25, -0.2) is 8.42 Å². The van der Waals surface area contributed by atoms with Gasteiger partial charge in [0.2, 0.25) is 21.8 Å². The lowest BCUT2D eigenvalue weighted by atomic mass is 9.94. The minimum absolute atomic E-state index is 0.0394. The van der Waals surface area contributed by atoms with Gasteiger partial charge in [0.25, 0.3) is 0 Å². The summed E-state index contributed by atoms with van der Waals surface area (Å²) in [6, 6.07) is 22.5. The predicted molar refractivity (Wildman–Crippen MR) is 171 cm³/mol. The third-order valence-electron chi connectivity index (χ3n) is 7.60. The van der Waals surface area contributed by atoms with Crippen LogP contribution in [-0.4, -0.2) is 56.6 Å². The van der Waals surface area contributed by atoms with Crippen LogP contribution in [0, 0.1) is 0 Å². The van der Waals surface area contributed by atoms with Crippen LogP contribution in [0.15, 0.2) is 78.9 Å². The second kappa shape index (κ2) is 15.3. The third-order valence-corrected chi connectivity index (χ3v) is 8.98. The Morgan fingerprint density at radius 3 is 2.23 bits per heavy atom. The lowest BCUT2D eigenvalue weighted by Gasteiger charge is -2.35. The predicted octanol–water partition coefficient (Wildman–Crippen LogP) is 5.59. The number of hydrogen-bond acceptors (Lipinski definition) is 5. The largest absolute Gasteiger partial charge is 0.492 e. The number of ether oxygens (including phenoxy) is 1. The first kappa shape index (κ1) is 32.4. The quantitative estimate of drug-likeness (QED) is 0.267. The van der Waals surface area contributed by atoms with E-state index < -0.39 is 28.5 Å². The molecule has 1 unspecified atom stereocenters. The van der Waals surface area contributed by atoms with Crippen LogP contribution in [0.25, 0.3) is 0 Å². The Morgan fingerprint density at radius 1 is 0.930 bits per heavy atom. The minimum atomic E-state index is -3.91. The van der Waals surface area contributed by atoms with E-state index in [-0.39, 0.29) is 30.6 Å². The van der Waals surface area contributed by atoms with Gasteiger partial charge in [0, 0.05) is 24.0 Å². The Morgan fingerprint density at radius 2 is 1.58 bits per heavy atom. The van der Waals surface area contributed by atoms with Crippen molar-refractivity contribution in [2.24, 2.45) is 0 Å². The molecule has 1 aliphatic rings. The van der Waals surface area contributed by atoms with Crippen LogP contribution in [-0.2, 0) is 32.6 Å². The first-order chi connectivity index (χ1) is 20.7. The maximum atomic E-state index is 14.3. The standard InChI is InChI=1S/C33H40ClN3O5S/c1-3-42-31-17-11-10-16-29(31)37(43(2,40)41)24-32(38)36(23-26-18-20-27(34)21-19-26)30(22-25-12-6-4-7-13-25)33(39)35-28-14-8-5-9-15-28/h4,6-7,10-13,16-21,28,30H,3,5,8-9,14-15,22-24H2,1-2H3,(H,35,39). The molecule has 1 atom stereocenters. The van der Waals surface area contributed by atoms with Crippen LogP contribution in [0.5, 0.6) is 5.75 Å². The van der Waals surface area contributed by atoms with Crippen molar-refractivity contribution in [2.75, 3.05) is 23.7 Å². The molecular weight excluding hydrogens is 586 g/mol. The normalized spacial score (nSPS) is 14.5. The highest BCUT2D eigenvalue weighted by atomic mass is 35.5. The number of carbonyl (C=O) groups excluding carboxylic acids is 2. The fraction of sp³-hybridized carbons (Fsp3) is 0.394. The zero-order valence-corrected chi connectivity index (χ0v) is 26.3. The molecule has 4 rings (SSSR count). The summed E-state index contributed by atoms with van der Waals surface area (Å²) in [5, 5.41) is 3.75. The Labute approximate surface area is 260 Å². The van der Waals surface area contributed by atoms with Crippen LogP contribution < -0.4 is 14.4 Å². The summed E-state index contributed by atoms with van der Waals surface area (Å²) in [5.41, 5.74) is 1.92. The Bertz CT molecular complexity index is 1460. The lowest BCUT2D eigenvalue weighted by Crippen LogP contribution is -2.55. The molecule has 0 heterocycles. The van der Waals surface area contributed by atoms with E-state index in [9.17, 15) is 18.0 Å². The van der Waals surface area contributed by atoms with E-state index >= 15 is 0 Å². The van der Waals surface area contributed by atoms with Crippen LogP contribution in [0.1, 0.15) is 50.2 Å². The van der Waals surface area contributed by atoms with E-state index in [1.165, 1.54) is 4.90 Å². The molecule has 2 amide bonds. The number of nitrogens with zero attached hydrogens (tertiary/aromatic N) is 2. The fourth-order valence-corrected chi connectivity index (χ4v) is 6.40. The molecule has 0 saturated heterocycles. The van der Waals surface area contributed by atoms with Gasteiger partial charge in [-0.2, -0.15) is 0 Å². The molecule has 1 aliphatic carbocycles. The van der Waals surface area contributed by atoms with Gasteiger partial charge in [0.1, 0.15) is 18.3 Å². The van der Waals surface area contributed by atoms with E-state index in [0.29, 0.717) is 17.4 Å². The van der Waals surface area contributed by atoms with Crippen molar-refractivity contribution in [2.45, 2.75) is 64.1 Å². The number of para-hydroxylation sites is 2. The van der Waals surface area contributed by atoms with E-state index in [2.05, 4.69) is 5.32 Å². The van der Waals surface area contributed by atoms with Crippen molar-refractivity contribution in [1.82, 2.24) is 10.2 Å². The number of sulfonamides is 1. The molecule has 0 aromatic heterocycles. The Kier molecular flexibility index (Phi) is 11.5. The fourth-order valence-electron chi connectivity index (χ4n) is 5.42. The zero-order valence-electron chi connectivity index (χ0n) is 24.7. The van der Waals surface area contributed by atoms with Crippen LogP contribution in [0.3, 0.4) is 0 Å². The third kappa shape index (κ3) is 9.21. The first-order valence-corrected chi connectivity index (χ1v) is 17.0. The van der Waals surface area contributed by atoms with Crippen molar-refractivity contribution in [3.8, 4) is 5.75 Å². The number of benzene rings is 3. The Balaban J connectivity index is 1.73. The topological polar surface area (TPSA) is 96.0 Å². The number of amides is 2. The summed E-state index contributed by atoms with van der Waals surface area (Å²) >= 11 is 6.14. The molecular formula is C33H40ClN3O5S. The van der Waals surface area contributed by atoms with E-state index in [4.69, 9.17) is 16.3 Å². The summed E-state index contributed by atoms with van der Waals surface area (Å²) < 4.78 is 33.0. The van der Waals surface area contributed by atoms with Gasteiger partial charge in [-0.15, -0.1) is 0 Å². The van der Waals surface area contributed by atoms with Gasteiger partial charge >= 0.3 is 0 Å². The molecule has 0 spiro atoms. The van der Waals surface area contributed by atoms with Gasteiger partial charge < -0.3 is 15.0 Å². The molecule has 0 radical (unpaired) electrons. The molecule has 8 nitrogen and oxygen atoms in total. The summed E-state index contributed by atoms with van der Waals surface area (Å²) in [7, 11) is -3.91. The molecule has 3 aromatic carbocycles. The van der Waals surface area contributed by atoms with Crippen molar-refractivity contribution in [3.05, 3.63) is 95.0 Å². The maximum absolute atomic E-state index is 14.3. The van der Waals surface area contributed by atoms with Gasteiger partial charge in [0.15, 0.2) is 0 Å². The van der Waals surface area contributed by atoms with Gasteiger partial charge in [-0.05, 0) is 55.2 Å². The molecule has 10 heteroatoms. The number of carbonyl (C=O) groups is 2. The second-order valence-corrected chi connectivity index (χ2v) is 13.2. The van der Waals surface area contributed by atoms with E-state index in [0.717, 1.165) is 53.8 Å². The number of anilines is 1. The number of halogens is 1. The summed E-state index contributed by atoms with van der Waals surface area (Å²) in [5.74, 6) is -0.409. The van der Waals surface area contributed by atoms with Crippen molar-refractivity contribution in [1.29, 1.82) is 0 Å². The summed E-state index contributed by atoms with van der Waals surface area (Å²) in [6.07, 6.45) is 6.35. The number of rotatable bonds is 13. The monoisotopic (exact) mass is 625 g/mol. The SMILES string of the molecule is CCOc1ccccc1N(CC(=O)N(Cc1ccc(Cl)cc1)C(Cc1ccccc1)C(=O)NC1CCCCC1)S(C)(=O)=O. The van der Waals surface area contributed by atoms with Gasteiger partial charge in [-0.1, -0.05) is 85.5 Å². The summed E-state index contributed by atoms with van der Waals surface area (Å²) in [6.45, 7) is 1.72. The molecule has 1 saturated carbocycles. The lowest BCUT2D eigenvalue weighted by molar-refractivity contribution is -0.140. The summed E-state index contributed by atoms with van der Waals surface area (Å²) in [4.78, 5) is 29.8. The molecule has 230 valence electrons. The van der Waals surface area contributed by atoms with E-state index in [1.54, 1.807) is 55.5 Å². The molecule has 43 heavy (non-hydrogen) atoms. The van der Waals surface area contributed by atoms with Crippen LogP contribution >= 0.6 is 11.6 Å².